The second kappa shape index (κ2) is 12.2. The van der Waals surface area contributed by atoms with Crippen molar-refractivity contribution in [2.24, 2.45) is 11.5 Å². The highest BCUT2D eigenvalue weighted by Crippen LogP contribution is 1.99. The van der Waals surface area contributed by atoms with Crippen LogP contribution in [0.4, 0.5) is 0 Å². The Bertz CT molecular complexity index is 601. The first-order chi connectivity index (χ1) is 12.9. The van der Waals surface area contributed by atoms with E-state index in [1.807, 2.05) is 0 Å². The Morgan fingerprint density at radius 3 is 2.00 bits per heavy atom. The number of nitrogens with two attached hydrogens (primary N) is 2. The highest BCUT2D eigenvalue weighted by molar-refractivity contribution is 7.80. The van der Waals surface area contributed by atoms with E-state index < -0.39 is 59.9 Å². The van der Waals surface area contributed by atoms with E-state index in [9.17, 15) is 29.1 Å². The van der Waals surface area contributed by atoms with Crippen LogP contribution in [0.2, 0.25) is 0 Å². The zero-order valence-corrected chi connectivity index (χ0v) is 16.4. The number of nitrogens with one attached hydrogen (secondary N) is 3. The van der Waals surface area contributed by atoms with Crippen LogP contribution >= 0.6 is 12.6 Å². The first kappa shape index (κ1) is 25.6. The first-order valence-electron chi connectivity index (χ1n) is 8.37. The third kappa shape index (κ3) is 9.01. The second-order valence-corrected chi connectivity index (χ2v) is 6.52. The molecular weight excluding hydrogens is 394 g/mol. The number of thiol groups is 1. The van der Waals surface area contributed by atoms with E-state index in [0.29, 0.717) is 0 Å². The van der Waals surface area contributed by atoms with Crippen LogP contribution in [-0.4, -0.2) is 75.8 Å². The molecule has 0 saturated heterocycles. The van der Waals surface area contributed by atoms with Crippen molar-refractivity contribution in [1.29, 1.82) is 0 Å². The summed E-state index contributed by atoms with van der Waals surface area (Å²) in [6.07, 6.45) is -1.46. The van der Waals surface area contributed by atoms with Gasteiger partial charge < -0.3 is 37.6 Å². The molecule has 9 N–H and O–H groups in total. The van der Waals surface area contributed by atoms with E-state index in [4.69, 9.17) is 16.6 Å². The van der Waals surface area contributed by atoms with Crippen LogP contribution in [0.3, 0.4) is 0 Å². The lowest BCUT2D eigenvalue weighted by molar-refractivity contribution is -0.142. The molecule has 0 heterocycles. The number of carbonyl (C=O) groups excluding carboxylic acids is 4. The Balaban J connectivity index is 4.86. The number of hydrogen-bond donors (Lipinski definition) is 8. The Kier molecular flexibility index (Phi) is 11.1. The largest absolute Gasteiger partial charge is 0.480 e. The van der Waals surface area contributed by atoms with Gasteiger partial charge in [-0.25, -0.2) is 4.79 Å². The summed E-state index contributed by atoms with van der Waals surface area (Å²) in [5, 5.41) is 25.4. The van der Waals surface area contributed by atoms with Crippen molar-refractivity contribution >= 4 is 42.2 Å². The fourth-order valence-electron chi connectivity index (χ4n) is 1.95. The Morgan fingerprint density at radius 1 is 1.00 bits per heavy atom. The molecule has 0 fully saturated rings. The quantitative estimate of drug-likeness (QED) is 0.147. The second-order valence-electron chi connectivity index (χ2n) is 6.15. The molecule has 0 aromatic heterocycles. The third-order valence-corrected chi connectivity index (χ3v) is 4.02. The van der Waals surface area contributed by atoms with Crippen molar-refractivity contribution in [3.05, 3.63) is 0 Å². The van der Waals surface area contributed by atoms with E-state index >= 15 is 0 Å². The van der Waals surface area contributed by atoms with Gasteiger partial charge in [0.15, 0.2) is 0 Å². The SMILES string of the molecule is CC(NC(=O)C(N)CCC(N)=O)C(=O)NC(C(=O)NC(CS)C(=O)O)C(C)O. The Morgan fingerprint density at radius 2 is 1.57 bits per heavy atom. The van der Waals surface area contributed by atoms with E-state index in [0.717, 1.165) is 0 Å². The van der Waals surface area contributed by atoms with Gasteiger partial charge >= 0.3 is 5.97 Å². The van der Waals surface area contributed by atoms with Crippen LogP contribution < -0.4 is 27.4 Å². The predicted octanol–water partition coefficient (Wildman–Crippen LogP) is -3.55. The first-order valence-corrected chi connectivity index (χ1v) is 9.00. The molecular formula is C15H27N5O7S. The zero-order chi connectivity index (χ0) is 22.0. The van der Waals surface area contributed by atoms with E-state index in [1.165, 1.54) is 13.8 Å². The molecule has 5 unspecified atom stereocenters. The molecule has 0 bridgehead atoms. The van der Waals surface area contributed by atoms with Crippen molar-refractivity contribution in [1.82, 2.24) is 16.0 Å². The average molecular weight is 421 g/mol. The van der Waals surface area contributed by atoms with Gasteiger partial charge in [0.2, 0.25) is 23.6 Å². The summed E-state index contributed by atoms with van der Waals surface area (Å²) in [4.78, 5) is 58.0. The summed E-state index contributed by atoms with van der Waals surface area (Å²) in [7, 11) is 0. The third-order valence-electron chi connectivity index (χ3n) is 3.65. The van der Waals surface area contributed by atoms with Gasteiger partial charge in [0, 0.05) is 12.2 Å². The number of aliphatic carboxylic acids is 1. The summed E-state index contributed by atoms with van der Waals surface area (Å²) in [6.45, 7) is 2.54. The molecule has 0 aliphatic heterocycles. The number of rotatable bonds is 12. The van der Waals surface area contributed by atoms with Gasteiger partial charge in [0.1, 0.15) is 18.1 Å². The van der Waals surface area contributed by atoms with Crippen LogP contribution in [0.5, 0.6) is 0 Å². The lowest BCUT2D eigenvalue weighted by atomic mass is 10.1. The molecule has 0 aromatic rings. The molecule has 12 nitrogen and oxygen atoms in total. The maximum atomic E-state index is 12.2. The standard InChI is InChI=1S/C15H27N5O7S/c1-6(18-13(24)8(16)3-4-10(17)22)12(23)20-11(7(2)21)14(25)19-9(5-28)15(26)27/h6-9,11,21,28H,3-5,16H2,1-2H3,(H2,17,22)(H,18,24)(H,19,25)(H,20,23)(H,26,27). The van der Waals surface area contributed by atoms with E-state index in [-0.39, 0.29) is 18.6 Å². The fourth-order valence-corrected chi connectivity index (χ4v) is 2.19. The van der Waals surface area contributed by atoms with Crippen LogP contribution in [-0.2, 0) is 24.0 Å². The highest BCUT2D eigenvalue weighted by Gasteiger charge is 2.31. The highest BCUT2D eigenvalue weighted by atomic mass is 32.1. The molecule has 4 amide bonds. The van der Waals surface area contributed by atoms with Gasteiger partial charge in [-0.05, 0) is 20.3 Å². The van der Waals surface area contributed by atoms with Crippen LogP contribution in [0.1, 0.15) is 26.7 Å². The van der Waals surface area contributed by atoms with Crippen LogP contribution in [0.15, 0.2) is 0 Å². The summed E-state index contributed by atoms with van der Waals surface area (Å²) < 4.78 is 0. The minimum Gasteiger partial charge on any atom is -0.480 e. The lowest BCUT2D eigenvalue weighted by Crippen LogP contribution is -2.59. The maximum absolute atomic E-state index is 12.2. The van der Waals surface area contributed by atoms with Crippen LogP contribution in [0, 0.1) is 0 Å². The fraction of sp³-hybridized carbons (Fsp3) is 0.667. The van der Waals surface area contributed by atoms with Crippen molar-refractivity contribution < 1.29 is 34.2 Å². The predicted molar refractivity (Wildman–Crippen MR) is 101 cm³/mol. The summed E-state index contributed by atoms with van der Waals surface area (Å²) in [5.41, 5.74) is 10.6. The number of aliphatic hydroxyl groups excluding tert-OH is 1. The average Bonchev–Trinajstić information content (AvgIpc) is 2.60. The van der Waals surface area contributed by atoms with Gasteiger partial charge in [0.25, 0.3) is 0 Å². The van der Waals surface area contributed by atoms with Crippen molar-refractivity contribution in [3.8, 4) is 0 Å². The molecule has 13 heteroatoms. The smallest absolute Gasteiger partial charge is 0.327 e. The van der Waals surface area contributed by atoms with Gasteiger partial charge in [-0.1, -0.05) is 0 Å². The van der Waals surface area contributed by atoms with E-state index in [1.54, 1.807) is 0 Å². The van der Waals surface area contributed by atoms with Gasteiger partial charge in [-0.2, -0.15) is 12.6 Å². The maximum Gasteiger partial charge on any atom is 0.327 e. The van der Waals surface area contributed by atoms with Crippen molar-refractivity contribution in [2.75, 3.05) is 5.75 Å². The minimum absolute atomic E-state index is 0.00544. The Hall–Kier alpha value is -2.38. The molecule has 0 aliphatic carbocycles. The number of amides is 4. The summed E-state index contributed by atoms with van der Waals surface area (Å²) in [6, 6.07) is -4.96. The lowest BCUT2D eigenvalue weighted by Gasteiger charge is -2.25. The number of carbonyl (C=O) groups is 5. The zero-order valence-electron chi connectivity index (χ0n) is 15.5. The van der Waals surface area contributed by atoms with Crippen molar-refractivity contribution in [3.63, 3.8) is 0 Å². The Labute approximate surface area is 167 Å². The summed E-state index contributed by atoms with van der Waals surface area (Å²) >= 11 is 3.81. The monoisotopic (exact) mass is 421 g/mol. The van der Waals surface area contributed by atoms with Gasteiger partial charge in [0.05, 0.1) is 12.1 Å². The van der Waals surface area contributed by atoms with Gasteiger partial charge in [-0.15, -0.1) is 0 Å². The minimum atomic E-state index is -1.46. The molecule has 28 heavy (non-hydrogen) atoms. The number of hydrogen-bond acceptors (Lipinski definition) is 8. The number of aliphatic hydroxyl groups is 1. The summed E-state index contributed by atoms with van der Waals surface area (Å²) in [5.74, 6) is -4.60. The molecule has 0 spiro atoms. The van der Waals surface area contributed by atoms with Crippen molar-refractivity contribution in [2.45, 2.75) is 57.0 Å². The normalized spacial score (nSPS) is 16.0. The number of primary amides is 1. The topological polar surface area (TPSA) is 214 Å². The molecule has 0 radical (unpaired) electrons. The molecule has 0 aromatic carbocycles. The molecule has 5 atom stereocenters. The molecule has 0 saturated carbocycles. The number of carboxylic acids is 1. The molecule has 0 aliphatic rings. The molecule has 160 valence electrons. The van der Waals surface area contributed by atoms with Crippen LogP contribution in [0.25, 0.3) is 0 Å². The van der Waals surface area contributed by atoms with E-state index in [2.05, 4.69) is 28.6 Å². The number of carboxylic acid groups (broad SMARTS) is 1. The molecule has 0 rings (SSSR count). The van der Waals surface area contributed by atoms with Gasteiger partial charge in [-0.3, -0.25) is 19.2 Å².